The van der Waals surface area contributed by atoms with Crippen LogP contribution in [0.25, 0.3) is 5.76 Å². The molecule has 0 spiro atoms. The van der Waals surface area contributed by atoms with E-state index >= 15 is 0 Å². The third kappa shape index (κ3) is 4.72. The third-order valence-electron chi connectivity index (χ3n) is 6.03. The minimum Gasteiger partial charge on any atom is -0.507 e. The second-order valence-corrected chi connectivity index (χ2v) is 8.65. The normalized spacial score (nSPS) is 21.3. The number of hydrogen-bond acceptors (Lipinski definition) is 5. The number of likely N-dealkylation sites (tertiary alicyclic amines) is 1. The number of amides is 1. The van der Waals surface area contributed by atoms with Gasteiger partial charge in [-0.05, 0) is 31.0 Å². The molecule has 6 nitrogen and oxygen atoms in total. The number of benzene rings is 2. The average molecular weight is 455 g/mol. The molecule has 32 heavy (non-hydrogen) atoms. The van der Waals surface area contributed by atoms with Gasteiger partial charge < -0.3 is 14.7 Å². The maximum Gasteiger partial charge on any atom is 0.295 e. The molecule has 7 heteroatoms. The zero-order chi connectivity index (χ0) is 22.7. The molecule has 0 saturated carbocycles. The number of carbonyl (C=O) groups is 2. The van der Waals surface area contributed by atoms with Crippen LogP contribution >= 0.6 is 11.6 Å². The molecular weight excluding hydrogens is 428 g/mol. The van der Waals surface area contributed by atoms with Crippen LogP contribution in [0.15, 0.2) is 54.1 Å². The van der Waals surface area contributed by atoms with Crippen LogP contribution < -0.4 is 0 Å². The number of hydrogen-bond donors (Lipinski definition) is 1. The second-order valence-electron chi connectivity index (χ2n) is 8.22. The number of aliphatic hydroxyl groups is 1. The van der Waals surface area contributed by atoms with Crippen LogP contribution in [0.3, 0.4) is 0 Å². The summed E-state index contributed by atoms with van der Waals surface area (Å²) in [5.74, 6) is -1.39. The van der Waals surface area contributed by atoms with Gasteiger partial charge in [-0.2, -0.15) is 0 Å². The minimum absolute atomic E-state index is 0.118. The predicted molar refractivity (Wildman–Crippen MR) is 124 cm³/mol. The van der Waals surface area contributed by atoms with E-state index in [4.69, 9.17) is 16.3 Å². The maximum absolute atomic E-state index is 13.1. The highest BCUT2D eigenvalue weighted by atomic mass is 35.5. The van der Waals surface area contributed by atoms with E-state index in [1.54, 1.807) is 41.3 Å². The highest BCUT2D eigenvalue weighted by molar-refractivity contribution is 6.46. The number of morpholine rings is 1. The van der Waals surface area contributed by atoms with Crippen molar-refractivity contribution >= 4 is 29.1 Å². The molecule has 1 amide bonds. The molecule has 0 aliphatic carbocycles. The van der Waals surface area contributed by atoms with Crippen LogP contribution in [0.5, 0.6) is 0 Å². The monoisotopic (exact) mass is 454 g/mol. The van der Waals surface area contributed by atoms with Gasteiger partial charge in [0, 0.05) is 36.8 Å². The van der Waals surface area contributed by atoms with E-state index in [0.29, 0.717) is 30.3 Å². The zero-order valence-electron chi connectivity index (χ0n) is 18.1. The molecule has 0 bridgehead atoms. The Kier molecular flexibility index (Phi) is 6.94. The number of ketones is 1. The largest absolute Gasteiger partial charge is 0.507 e. The quantitative estimate of drug-likeness (QED) is 0.408. The number of carbonyl (C=O) groups excluding carboxylic acids is 2. The van der Waals surface area contributed by atoms with Gasteiger partial charge in [-0.3, -0.25) is 14.5 Å². The Bertz CT molecular complexity index is 1010. The summed E-state index contributed by atoms with van der Waals surface area (Å²) in [6.45, 7) is 6.35. The van der Waals surface area contributed by atoms with Crippen LogP contribution in [0.1, 0.15) is 29.2 Å². The lowest BCUT2D eigenvalue weighted by Gasteiger charge is -2.29. The Balaban J connectivity index is 1.66. The summed E-state index contributed by atoms with van der Waals surface area (Å²) in [5, 5.41) is 11.6. The lowest BCUT2D eigenvalue weighted by molar-refractivity contribution is -0.140. The standard InChI is InChI=1S/C25H27ClN2O4/c1-17-3-5-19(6-4-17)23(29)21-22(18-7-9-20(26)10-8-18)28(25(31)24(21)30)12-2-11-27-13-15-32-16-14-27/h3-10,22,29H,2,11-16H2,1H3/t22-/m0/s1. The lowest BCUT2D eigenvalue weighted by Crippen LogP contribution is -2.38. The number of ether oxygens (including phenoxy) is 1. The van der Waals surface area contributed by atoms with E-state index in [1.165, 1.54) is 0 Å². The molecule has 0 unspecified atom stereocenters. The molecule has 0 aromatic heterocycles. The van der Waals surface area contributed by atoms with E-state index in [1.807, 2.05) is 19.1 Å². The maximum atomic E-state index is 13.1. The van der Waals surface area contributed by atoms with E-state index in [-0.39, 0.29) is 11.3 Å². The van der Waals surface area contributed by atoms with Crippen molar-refractivity contribution in [1.82, 2.24) is 9.80 Å². The van der Waals surface area contributed by atoms with Gasteiger partial charge in [0.25, 0.3) is 11.7 Å². The number of halogens is 1. The van der Waals surface area contributed by atoms with Gasteiger partial charge in [-0.1, -0.05) is 53.6 Å². The molecule has 2 aromatic carbocycles. The van der Waals surface area contributed by atoms with Gasteiger partial charge in [-0.25, -0.2) is 0 Å². The molecule has 2 aliphatic rings. The molecule has 0 radical (unpaired) electrons. The fraction of sp³-hybridized carbons (Fsp3) is 0.360. The van der Waals surface area contributed by atoms with Gasteiger partial charge in [-0.15, -0.1) is 0 Å². The molecule has 2 aromatic rings. The molecule has 4 rings (SSSR count). The summed E-state index contributed by atoms with van der Waals surface area (Å²) < 4.78 is 5.39. The van der Waals surface area contributed by atoms with Crippen molar-refractivity contribution < 1.29 is 19.4 Å². The van der Waals surface area contributed by atoms with Gasteiger partial charge in [0.15, 0.2) is 0 Å². The summed E-state index contributed by atoms with van der Waals surface area (Å²) >= 11 is 6.07. The first kappa shape index (κ1) is 22.5. The molecule has 2 fully saturated rings. The third-order valence-corrected chi connectivity index (χ3v) is 6.28. The molecule has 1 N–H and O–H groups in total. The van der Waals surface area contributed by atoms with Crippen molar-refractivity contribution in [3.63, 3.8) is 0 Å². The SMILES string of the molecule is Cc1ccc(C(O)=C2C(=O)C(=O)N(CCCN3CCOCC3)[C@H]2c2ccc(Cl)cc2)cc1. The highest BCUT2D eigenvalue weighted by Crippen LogP contribution is 2.39. The van der Waals surface area contributed by atoms with E-state index in [2.05, 4.69) is 4.90 Å². The molecular formula is C25H27ClN2O4. The van der Waals surface area contributed by atoms with Crippen molar-refractivity contribution in [2.45, 2.75) is 19.4 Å². The number of rotatable bonds is 6. The van der Waals surface area contributed by atoms with Crippen LogP contribution in [0.4, 0.5) is 0 Å². The van der Waals surface area contributed by atoms with Crippen molar-refractivity contribution in [1.29, 1.82) is 0 Å². The Morgan fingerprint density at radius 1 is 1.03 bits per heavy atom. The minimum atomic E-state index is -0.658. The molecule has 2 aliphatic heterocycles. The fourth-order valence-corrected chi connectivity index (χ4v) is 4.38. The van der Waals surface area contributed by atoms with Gasteiger partial charge in [0.2, 0.25) is 0 Å². The van der Waals surface area contributed by atoms with E-state index in [9.17, 15) is 14.7 Å². The number of nitrogens with zero attached hydrogens (tertiary/aromatic N) is 2. The van der Waals surface area contributed by atoms with Crippen molar-refractivity contribution in [3.8, 4) is 0 Å². The lowest BCUT2D eigenvalue weighted by atomic mass is 9.95. The zero-order valence-corrected chi connectivity index (χ0v) is 18.8. The first-order chi connectivity index (χ1) is 15.5. The van der Waals surface area contributed by atoms with Gasteiger partial charge in [0.05, 0.1) is 24.8 Å². The average Bonchev–Trinajstić information content (AvgIpc) is 3.05. The summed E-state index contributed by atoms with van der Waals surface area (Å²) in [6.07, 6.45) is 0.724. The Hall–Kier alpha value is -2.67. The van der Waals surface area contributed by atoms with Gasteiger partial charge in [0.1, 0.15) is 5.76 Å². The molecule has 2 heterocycles. The van der Waals surface area contributed by atoms with Crippen LogP contribution in [0, 0.1) is 6.92 Å². The smallest absolute Gasteiger partial charge is 0.295 e. The number of Topliss-reactive ketones (excluding diaryl/α,β-unsaturated/α-hetero) is 1. The topological polar surface area (TPSA) is 70.1 Å². The predicted octanol–water partition coefficient (Wildman–Crippen LogP) is 3.79. The fourth-order valence-electron chi connectivity index (χ4n) is 4.26. The van der Waals surface area contributed by atoms with E-state index < -0.39 is 17.7 Å². The van der Waals surface area contributed by atoms with Crippen molar-refractivity contribution in [3.05, 3.63) is 75.8 Å². The van der Waals surface area contributed by atoms with Crippen LogP contribution in [-0.2, 0) is 14.3 Å². The summed E-state index contributed by atoms with van der Waals surface area (Å²) in [4.78, 5) is 29.9. The summed E-state index contributed by atoms with van der Waals surface area (Å²) in [6, 6.07) is 13.7. The molecule has 1 atom stereocenters. The van der Waals surface area contributed by atoms with Crippen molar-refractivity contribution in [2.24, 2.45) is 0 Å². The highest BCUT2D eigenvalue weighted by Gasteiger charge is 2.45. The summed E-state index contributed by atoms with van der Waals surface area (Å²) in [7, 11) is 0. The summed E-state index contributed by atoms with van der Waals surface area (Å²) in [5.41, 5.74) is 2.42. The first-order valence-corrected chi connectivity index (χ1v) is 11.2. The Morgan fingerprint density at radius 2 is 1.69 bits per heavy atom. The molecule has 2 saturated heterocycles. The number of aliphatic hydroxyl groups excluding tert-OH is 1. The first-order valence-electron chi connectivity index (χ1n) is 10.9. The van der Waals surface area contributed by atoms with Gasteiger partial charge >= 0.3 is 0 Å². The van der Waals surface area contributed by atoms with Crippen LogP contribution in [0.2, 0.25) is 5.02 Å². The second kappa shape index (κ2) is 9.86. The van der Waals surface area contributed by atoms with E-state index in [0.717, 1.165) is 37.2 Å². The van der Waals surface area contributed by atoms with Crippen molar-refractivity contribution in [2.75, 3.05) is 39.4 Å². The molecule has 168 valence electrons. The van der Waals surface area contributed by atoms with Crippen LogP contribution in [-0.4, -0.2) is 66.0 Å². The Morgan fingerprint density at radius 3 is 2.34 bits per heavy atom. The number of aryl methyl sites for hydroxylation is 1. The Labute approximate surface area is 193 Å².